The van der Waals surface area contributed by atoms with Gasteiger partial charge in [-0.1, -0.05) is 64.1 Å². The third kappa shape index (κ3) is 4.42. The van der Waals surface area contributed by atoms with Gasteiger partial charge in [0.05, 0.1) is 29.7 Å². The van der Waals surface area contributed by atoms with Gasteiger partial charge in [0.15, 0.2) is 0 Å². The summed E-state index contributed by atoms with van der Waals surface area (Å²) in [6.45, 7) is 0.191. The molecule has 1 unspecified atom stereocenters. The Bertz CT molecular complexity index is 1190. The largest absolute Gasteiger partial charge is 0.351 e. The Balaban J connectivity index is 1.58. The highest BCUT2D eigenvalue weighted by atomic mass is 79.9. The van der Waals surface area contributed by atoms with Gasteiger partial charge in [0.25, 0.3) is 5.91 Å². The zero-order valence-corrected chi connectivity index (χ0v) is 20.2. The number of rotatable bonds is 4. The van der Waals surface area contributed by atoms with Gasteiger partial charge in [0.2, 0.25) is 5.91 Å². The van der Waals surface area contributed by atoms with Crippen LogP contribution in [0.5, 0.6) is 0 Å². The number of fused-ring (bicyclic) bond motifs is 3. The molecule has 7 nitrogen and oxygen atoms in total. The van der Waals surface area contributed by atoms with Gasteiger partial charge in [-0.3, -0.25) is 9.59 Å². The molecule has 2 amide bonds. The Morgan fingerprint density at radius 3 is 2.64 bits per heavy atom. The van der Waals surface area contributed by atoms with Crippen LogP contribution >= 0.6 is 27.5 Å². The second kappa shape index (κ2) is 9.27. The fourth-order valence-electron chi connectivity index (χ4n) is 4.68. The molecular weight excluding hydrogens is 506 g/mol. The third-order valence-electron chi connectivity index (χ3n) is 6.33. The summed E-state index contributed by atoms with van der Waals surface area (Å²) in [5.41, 5.74) is 2.44. The molecule has 3 aromatic rings. The van der Waals surface area contributed by atoms with Gasteiger partial charge in [0, 0.05) is 15.5 Å². The number of halogens is 2. The van der Waals surface area contributed by atoms with Gasteiger partial charge >= 0.3 is 0 Å². The van der Waals surface area contributed by atoms with E-state index in [-0.39, 0.29) is 24.4 Å². The van der Waals surface area contributed by atoms with Crippen LogP contribution in [-0.2, 0) is 11.3 Å². The van der Waals surface area contributed by atoms with Crippen molar-refractivity contribution in [2.45, 2.75) is 50.7 Å². The van der Waals surface area contributed by atoms with E-state index in [2.05, 4.69) is 31.6 Å². The van der Waals surface area contributed by atoms with Crippen LogP contribution in [0.3, 0.4) is 0 Å². The van der Waals surface area contributed by atoms with E-state index in [1.807, 2.05) is 24.3 Å². The van der Waals surface area contributed by atoms with Crippen LogP contribution in [-0.4, -0.2) is 37.7 Å². The summed E-state index contributed by atoms with van der Waals surface area (Å²) < 4.78 is 2.53. The van der Waals surface area contributed by atoms with Gasteiger partial charge in [-0.25, -0.2) is 4.68 Å². The molecule has 0 radical (unpaired) electrons. The van der Waals surface area contributed by atoms with Crippen LogP contribution in [0, 0.1) is 0 Å². The minimum absolute atomic E-state index is 0.129. The lowest BCUT2D eigenvalue weighted by atomic mass is 9.94. The number of hydrogen-bond donors (Lipinski definition) is 1. The van der Waals surface area contributed by atoms with Crippen molar-refractivity contribution in [1.29, 1.82) is 0 Å². The summed E-state index contributed by atoms with van der Waals surface area (Å²) in [7, 11) is 0. The van der Waals surface area contributed by atoms with Gasteiger partial charge in [-0.05, 0) is 48.7 Å². The van der Waals surface area contributed by atoms with Crippen molar-refractivity contribution in [3.8, 4) is 5.69 Å². The van der Waals surface area contributed by atoms with Crippen molar-refractivity contribution in [3.05, 3.63) is 75.0 Å². The van der Waals surface area contributed by atoms with Crippen molar-refractivity contribution < 1.29 is 9.59 Å². The van der Waals surface area contributed by atoms with Crippen LogP contribution in [0.2, 0.25) is 5.02 Å². The lowest BCUT2D eigenvalue weighted by Gasteiger charge is -2.32. The van der Waals surface area contributed by atoms with Crippen molar-refractivity contribution in [1.82, 2.24) is 25.2 Å². The number of hydrogen-bond acceptors (Lipinski definition) is 4. The normalized spacial score (nSPS) is 17.2. The zero-order valence-electron chi connectivity index (χ0n) is 17.9. The molecular formula is C24H23BrClN5O2. The maximum atomic E-state index is 13.8. The van der Waals surface area contributed by atoms with Crippen LogP contribution in [0.4, 0.5) is 0 Å². The van der Waals surface area contributed by atoms with Gasteiger partial charge in [-0.2, -0.15) is 0 Å². The average molecular weight is 529 g/mol. The molecule has 5 rings (SSSR count). The number of nitrogens with one attached hydrogen (secondary N) is 1. The molecule has 0 saturated heterocycles. The van der Waals surface area contributed by atoms with E-state index in [9.17, 15) is 9.59 Å². The lowest BCUT2D eigenvalue weighted by Crippen LogP contribution is -2.46. The van der Waals surface area contributed by atoms with Crippen LogP contribution in [0.15, 0.2) is 53.1 Å². The fourth-order valence-corrected chi connectivity index (χ4v) is 5.11. The minimum atomic E-state index is -0.794. The standard InChI is InChI=1S/C24H23BrClN5O2/c25-16-8-6-15(7-9-16)22(23(32)28-18-4-2-1-3-5-18)30-14-19-13-27-29-31(19)21-12-17(26)10-11-20(21)24(30)33/h6-13,18,22H,1-5,14H2,(H,28,32). The zero-order chi connectivity index (χ0) is 22.9. The van der Waals surface area contributed by atoms with E-state index in [1.165, 1.54) is 6.42 Å². The smallest absolute Gasteiger partial charge is 0.257 e. The summed E-state index contributed by atoms with van der Waals surface area (Å²) >= 11 is 9.69. The number of amides is 2. The molecule has 0 bridgehead atoms. The van der Waals surface area contributed by atoms with E-state index in [1.54, 1.807) is 34.0 Å². The highest BCUT2D eigenvalue weighted by Crippen LogP contribution is 2.33. The van der Waals surface area contributed by atoms with E-state index < -0.39 is 6.04 Å². The molecule has 33 heavy (non-hydrogen) atoms. The summed E-state index contributed by atoms with van der Waals surface area (Å²) in [6.07, 6.45) is 6.96. The lowest BCUT2D eigenvalue weighted by molar-refractivity contribution is -0.127. The summed E-state index contributed by atoms with van der Waals surface area (Å²) in [4.78, 5) is 29.1. The number of benzene rings is 2. The summed E-state index contributed by atoms with van der Waals surface area (Å²) in [5.74, 6) is -0.423. The first kappa shape index (κ1) is 22.1. The number of aromatic nitrogens is 3. The predicted octanol–water partition coefficient (Wildman–Crippen LogP) is 4.83. The van der Waals surface area contributed by atoms with Crippen molar-refractivity contribution in [2.24, 2.45) is 0 Å². The maximum Gasteiger partial charge on any atom is 0.257 e. The highest BCUT2D eigenvalue weighted by Gasteiger charge is 2.37. The molecule has 1 aliphatic carbocycles. The van der Waals surface area contributed by atoms with Crippen molar-refractivity contribution >= 4 is 39.3 Å². The Morgan fingerprint density at radius 1 is 1.12 bits per heavy atom. The molecule has 2 heterocycles. The van der Waals surface area contributed by atoms with E-state index in [0.29, 0.717) is 22.0 Å². The fraction of sp³-hybridized carbons (Fsp3) is 0.333. The molecule has 1 N–H and O–H groups in total. The maximum absolute atomic E-state index is 13.8. The second-order valence-electron chi connectivity index (χ2n) is 8.53. The molecule has 1 atom stereocenters. The first-order valence-corrected chi connectivity index (χ1v) is 12.2. The van der Waals surface area contributed by atoms with Gasteiger partial charge < -0.3 is 10.2 Å². The Labute approximate surface area is 205 Å². The average Bonchev–Trinajstić information content (AvgIpc) is 3.24. The molecule has 0 spiro atoms. The molecule has 2 aromatic carbocycles. The Morgan fingerprint density at radius 2 is 1.88 bits per heavy atom. The van der Waals surface area contributed by atoms with Gasteiger partial charge in [-0.15, -0.1) is 5.10 Å². The van der Waals surface area contributed by atoms with Gasteiger partial charge in [0.1, 0.15) is 6.04 Å². The van der Waals surface area contributed by atoms with E-state index in [0.717, 1.165) is 35.7 Å². The number of carbonyl (C=O) groups excluding carboxylic acids is 2. The molecule has 1 fully saturated rings. The second-order valence-corrected chi connectivity index (χ2v) is 9.88. The van der Waals surface area contributed by atoms with Crippen molar-refractivity contribution in [3.63, 3.8) is 0 Å². The van der Waals surface area contributed by atoms with Crippen LogP contribution < -0.4 is 5.32 Å². The van der Waals surface area contributed by atoms with Crippen LogP contribution in [0.25, 0.3) is 5.69 Å². The molecule has 1 aromatic heterocycles. The topological polar surface area (TPSA) is 80.1 Å². The quantitative estimate of drug-likeness (QED) is 0.526. The number of carbonyl (C=O) groups is 2. The molecule has 170 valence electrons. The Kier molecular flexibility index (Phi) is 6.21. The SMILES string of the molecule is O=C(NC1CCCCC1)C(c1ccc(Br)cc1)N1Cc2cnnn2-c2cc(Cl)ccc2C1=O. The van der Waals surface area contributed by atoms with E-state index in [4.69, 9.17) is 11.6 Å². The number of nitrogens with zero attached hydrogens (tertiary/aromatic N) is 4. The summed E-state index contributed by atoms with van der Waals surface area (Å²) in [5, 5.41) is 11.9. The van der Waals surface area contributed by atoms with Crippen LogP contribution in [0.1, 0.15) is 59.8 Å². The molecule has 1 saturated carbocycles. The molecule has 1 aliphatic heterocycles. The molecule has 9 heteroatoms. The minimum Gasteiger partial charge on any atom is -0.351 e. The highest BCUT2D eigenvalue weighted by molar-refractivity contribution is 9.10. The third-order valence-corrected chi connectivity index (χ3v) is 7.09. The van der Waals surface area contributed by atoms with Crippen molar-refractivity contribution in [2.75, 3.05) is 0 Å². The Hall–Kier alpha value is -2.71. The molecule has 2 aliphatic rings. The first-order chi connectivity index (χ1) is 16.0. The summed E-state index contributed by atoms with van der Waals surface area (Å²) in [6, 6.07) is 11.9. The van der Waals surface area contributed by atoms with E-state index >= 15 is 0 Å². The first-order valence-electron chi connectivity index (χ1n) is 11.1. The monoisotopic (exact) mass is 527 g/mol. The predicted molar refractivity (Wildman–Crippen MR) is 128 cm³/mol.